The van der Waals surface area contributed by atoms with Gasteiger partial charge in [-0.15, -0.1) is 0 Å². The molecule has 4 heteroatoms. The summed E-state index contributed by atoms with van der Waals surface area (Å²) >= 11 is 3.47. The highest BCUT2D eigenvalue weighted by atomic mass is 79.9. The van der Waals surface area contributed by atoms with Crippen molar-refractivity contribution in [3.63, 3.8) is 0 Å². The Morgan fingerprint density at radius 1 is 1.28 bits per heavy atom. The van der Waals surface area contributed by atoms with Crippen molar-refractivity contribution in [1.82, 2.24) is 4.90 Å². The van der Waals surface area contributed by atoms with Crippen molar-refractivity contribution in [2.45, 2.75) is 32.1 Å². The smallest absolute Gasteiger partial charge is 0.0678 e. The minimum atomic E-state index is 0.276. The zero-order chi connectivity index (χ0) is 13.1. The first-order chi connectivity index (χ1) is 8.60. The van der Waals surface area contributed by atoms with Gasteiger partial charge >= 0.3 is 0 Å². The highest BCUT2D eigenvalue weighted by Gasteiger charge is 2.27. The predicted octanol–water partition coefficient (Wildman–Crippen LogP) is 2.56. The Morgan fingerprint density at radius 2 is 1.83 bits per heavy atom. The van der Waals surface area contributed by atoms with Gasteiger partial charge in [-0.2, -0.15) is 0 Å². The Hall–Kier alpha value is -0.420. The summed E-state index contributed by atoms with van der Waals surface area (Å²) in [5.74, 6) is 0. The molecule has 1 aromatic carbocycles. The minimum Gasteiger partial charge on any atom is -0.373 e. The van der Waals surface area contributed by atoms with Crippen molar-refractivity contribution in [3.8, 4) is 0 Å². The highest BCUT2D eigenvalue weighted by molar-refractivity contribution is 9.10. The van der Waals surface area contributed by atoms with Crippen LogP contribution in [0.4, 0.5) is 0 Å². The Morgan fingerprint density at radius 3 is 2.33 bits per heavy atom. The lowest BCUT2D eigenvalue weighted by atomic mass is 10.0. The Balaban J connectivity index is 2.14. The van der Waals surface area contributed by atoms with Crippen LogP contribution < -0.4 is 5.73 Å². The van der Waals surface area contributed by atoms with Crippen molar-refractivity contribution in [2.75, 3.05) is 19.6 Å². The Kier molecular flexibility index (Phi) is 4.78. The molecule has 3 nitrogen and oxygen atoms in total. The van der Waals surface area contributed by atoms with E-state index in [-0.39, 0.29) is 18.2 Å². The summed E-state index contributed by atoms with van der Waals surface area (Å²) in [6.45, 7) is 6.78. The summed E-state index contributed by atoms with van der Waals surface area (Å²) < 4.78 is 6.88. The van der Waals surface area contributed by atoms with Crippen LogP contribution in [0.2, 0.25) is 0 Å². The maximum Gasteiger partial charge on any atom is 0.0678 e. The molecular weight excluding hydrogens is 292 g/mol. The van der Waals surface area contributed by atoms with Gasteiger partial charge in [0.1, 0.15) is 0 Å². The van der Waals surface area contributed by atoms with Gasteiger partial charge in [0.05, 0.1) is 12.2 Å². The van der Waals surface area contributed by atoms with E-state index in [1.165, 1.54) is 5.56 Å². The van der Waals surface area contributed by atoms with E-state index in [4.69, 9.17) is 10.5 Å². The van der Waals surface area contributed by atoms with Crippen LogP contribution in [0.25, 0.3) is 0 Å². The highest BCUT2D eigenvalue weighted by Crippen LogP contribution is 2.25. The van der Waals surface area contributed by atoms with Crippen LogP contribution in [0.5, 0.6) is 0 Å². The number of nitrogens with zero attached hydrogens (tertiary/aromatic N) is 1. The monoisotopic (exact) mass is 312 g/mol. The van der Waals surface area contributed by atoms with Gasteiger partial charge < -0.3 is 10.5 Å². The van der Waals surface area contributed by atoms with Gasteiger partial charge in [-0.3, -0.25) is 4.90 Å². The van der Waals surface area contributed by atoms with E-state index in [2.05, 4.69) is 58.9 Å². The average molecular weight is 313 g/mol. The molecule has 2 rings (SSSR count). The molecule has 0 unspecified atom stereocenters. The van der Waals surface area contributed by atoms with Crippen LogP contribution in [0, 0.1) is 0 Å². The number of hydrogen-bond donors (Lipinski definition) is 1. The molecule has 100 valence electrons. The molecule has 1 aliphatic rings. The molecular formula is C14H21BrN2O. The second-order valence-electron chi connectivity index (χ2n) is 5.01. The van der Waals surface area contributed by atoms with Gasteiger partial charge in [0.2, 0.25) is 0 Å². The molecule has 0 saturated carbocycles. The number of hydrogen-bond acceptors (Lipinski definition) is 3. The molecule has 1 aromatic rings. The van der Waals surface area contributed by atoms with E-state index in [1.807, 2.05) is 0 Å². The standard InChI is InChI=1S/C14H21BrN2O/c1-10-8-17(9-11(2)18-10)14(7-16)12-3-5-13(15)6-4-12/h3-6,10-11,14H,7-9,16H2,1-2H3/t10-,11+,14-/m0/s1. The van der Waals surface area contributed by atoms with Crippen molar-refractivity contribution in [3.05, 3.63) is 34.3 Å². The zero-order valence-corrected chi connectivity index (χ0v) is 12.6. The maximum atomic E-state index is 5.97. The fraction of sp³-hybridized carbons (Fsp3) is 0.571. The van der Waals surface area contributed by atoms with E-state index in [9.17, 15) is 0 Å². The van der Waals surface area contributed by atoms with E-state index in [0.29, 0.717) is 6.54 Å². The lowest BCUT2D eigenvalue weighted by molar-refractivity contribution is -0.0799. The molecule has 0 spiro atoms. The summed E-state index contributed by atoms with van der Waals surface area (Å²) in [5, 5.41) is 0. The molecule has 3 atom stereocenters. The van der Waals surface area contributed by atoms with Gasteiger partial charge in [-0.1, -0.05) is 28.1 Å². The van der Waals surface area contributed by atoms with Crippen molar-refractivity contribution < 1.29 is 4.74 Å². The van der Waals surface area contributed by atoms with E-state index < -0.39 is 0 Å². The van der Waals surface area contributed by atoms with Crippen LogP contribution in [-0.2, 0) is 4.74 Å². The third-order valence-electron chi connectivity index (χ3n) is 3.37. The second kappa shape index (κ2) is 6.15. The molecule has 1 saturated heterocycles. The molecule has 0 aromatic heterocycles. The van der Waals surface area contributed by atoms with E-state index in [1.54, 1.807) is 0 Å². The van der Waals surface area contributed by atoms with Gasteiger partial charge in [0.15, 0.2) is 0 Å². The largest absolute Gasteiger partial charge is 0.373 e. The summed E-state index contributed by atoms with van der Waals surface area (Å²) in [7, 11) is 0. The number of halogens is 1. The number of morpholine rings is 1. The number of rotatable bonds is 3. The Bertz CT molecular complexity index is 372. The van der Waals surface area contributed by atoms with E-state index >= 15 is 0 Å². The first-order valence-corrected chi connectivity index (χ1v) is 7.24. The van der Waals surface area contributed by atoms with Crippen molar-refractivity contribution in [2.24, 2.45) is 5.73 Å². The first kappa shape index (κ1) is 14.0. The average Bonchev–Trinajstić information content (AvgIpc) is 2.31. The first-order valence-electron chi connectivity index (χ1n) is 6.45. The molecule has 2 N–H and O–H groups in total. The molecule has 0 aliphatic carbocycles. The van der Waals surface area contributed by atoms with Crippen LogP contribution in [0.15, 0.2) is 28.7 Å². The lowest BCUT2D eigenvalue weighted by Gasteiger charge is -2.40. The van der Waals surface area contributed by atoms with Crippen molar-refractivity contribution in [1.29, 1.82) is 0 Å². The summed E-state index contributed by atoms with van der Waals surface area (Å²) in [6, 6.07) is 8.72. The topological polar surface area (TPSA) is 38.5 Å². The van der Waals surface area contributed by atoms with Gasteiger partial charge in [0, 0.05) is 30.1 Å². The molecule has 0 bridgehead atoms. The number of nitrogens with two attached hydrogens (primary N) is 1. The van der Waals surface area contributed by atoms with Gasteiger partial charge in [-0.25, -0.2) is 0 Å². The van der Waals surface area contributed by atoms with Gasteiger partial charge in [0.25, 0.3) is 0 Å². The second-order valence-corrected chi connectivity index (χ2v) is 5.93. The predicted molar refractivity (Wildman–Crippen MR) is 77.5 cm³/mol. The minimum absolute atomic E-state index is 0.276. The van der Waals surface area contributed by atoms with Crippen LogP contribution in [0.1, 0.15) is 25.5 Å². The normalized spacial score (nSPS) is 27.1. The van der Waals surface area contributed by atoms with Crippen LogP contribution in [0.3, 0.4) is 0 Å². The molecule has 1 heterocycles. The third kappa shape index (κ3) is 3.32. The fourth-order valence-electron chi connectivity index (χ4n) is 2.65. The van der Waals surface area contributed by atoms with Gasteiger partial charge in [-0.05, 0) is 31.5 Å². The lowest BCUT2D eigenvalue weighted by Crippen LogP contribution is -2.48. The summed E-state index contributed by atoms with van der Waals surface area (Å²) in [4.78, 5) is 2.43. The molecule has 0 radical (unpaired) electrons. The van der Waals surface area contributed by atoms with Crippen LogP contribution >= 0.6 is 15.9 Å². The third-order valence-corrected chi connectivity index (χ3v) is 3.90. The fourth-order valence-corrected chi connectivity index (χ4v) is 2.92. The van der Waals surface area contributed by atoms with Crippen LogP contribution in [-0.4, -0.2) is 36.7 Å². The van der Waals surface area contributed by atoms with Crippen molar-refractivity contribution >= 4 is 15.9 Å². The Labute approximate surface area is 117 Å². The maximum absolute atomic E-state index is 5.97. The quantitative estimate of drug-likeness (QED) is 0.932. The molecule has 18 heavy (non-hydrogen) atoms. The molecule has 1 fully saturated rings. The SMILES string of the molecule is C[C@@H]1CN([C@@H](CN)c2ccc(Br)cc2)C[C@H](C)O1. The summed E-state index contributed by atoms with van der Waals surface area (Å²) in [5.41, 5.74) is 7.25. The molecule has 0 amide bonds. The zero-order valence-electron chi connectivity index (χ0n) is 11.0. The summed E-state index contributed by atoms with van der Waals surface area (Å²) in [6.07, 6.45) is 0.552. The van der Waals surface area contributed by atoms with E-state index in [0.717, 1.165) is 17.6 Å². The molecule has 1 aliphatic heterocycles. The number of ether oxygens (including phenoxy) is 1. The number of benzene rings is 1.